The third kappa shape index (κ3) is 5.71. The molecule has 0 aromatic heterocycles. The van der Waals surface area contributed by atoms with Crippen LogP contribution in [0.15, 0.2) is 24.3 Å². The molecule has 0 saturated heterocycles. The van der Waals surface area contributed by atoms with E-state index in [1.807, 2.05) is 13.8 Å². The molecule has 1 aromatic carbocycles. The highest BCUT2D eigenvalue weighted by atomic mass is 32.2. The number of nitrogens with zero attached hydrogens (tertiary/aromatic N) is 1. The molecule has 21 heavy (non-hydrogen) atoms. The lowest BCUT2D eigenvalue weighted by Gasteiger charge is -2.23. The summed E-state index contributed by atoms with van der Waals surface area (Å²) in [5, 5.41) is 2.73. The number of rotatable bonds is 7. The van der Waals surface area contributed by atoms with Crippen LogP contribution in [0.25, 0.3) is 0 Å². The summed E-state index contributed by atoms with van der Waals surface area (Å²) >= 11 is 0. The maximum absolute atomic E-state index is 13.2. The molecule has 1 rings (SSSR count). The molecule has 1 aromatic rings. The number of amides is 1. The number of hydrogen-bond acceptors (Lipinski definition) is 3. The molecule has 0 fully saturated rings. The number of carbonyl (C=O) groups excluding carboxylic acids is 1. The van der Waals surface area contributed by atoms with Gasteiger partial charge >= 0.3 is 0 Å². The predicted octanol–water partition coefficient (Wildman–Crippen LogP) is 1.90. The third-order valence-electron chi connectivity index (χ3n) is 2.91. The van der Waals surface area contributed by atoms with Crippen LogP contribution in [0.4, 0.5) is 10.1 Å². The van der Waals surface area contributed by atoms with Crippen LogP contribution in [0.5, 0.6) is 0 Å². The second-order valence-electron chi connectivity index (χ2n) is 5.01. The van der Waals surface area contributed by atoms with Crippen molar-refractivity contribution in [1.82, 2.24) is 5.32 Å². The molecule has 1 unspecified atom stereocenters. The Morgan fingerprint density at radius 3 is 2.62 bits per heavy atom. The zero-order chi connectivity index (χ0) is 16.0. The standard InChI is InChI=1S/C14H21FN2O3S/c1-4-6-11(2)16-14(18)10-17(21(3,19)20)13-8-5-7-12(15)9-13/h5,7-9,11H,4,6,10H2,1-3H3,(H,16,18). The molecule has 0 aliphatic carbocycles. The SMILES string of the molecule is CCCC(C)NC(=O)CN(c1cccc(F)c1)S(C)(=O)=O. The number of hydrogen-bond donors (Lipinski definition) is 1. The largest absolute Gasteiger partial charge is 0.352 e. The van der Waals surface area contributed by atoms with Crippen LogP contribution >= 0.6 is 0 Å². The molecule has 7 heteroatoms. The van der Waals surface area contributed by atoms with Gasteiger partial charge in [0.05, 0.1) is 11.9 Å². The summed E-state index contributed by atoms with van der Waals surface area (Å²) in [5.41, 5.74) is 0.135. The van der Waals surface area contributed by atoms with Crippen LogP contribution in [0, 0.1) is 5.82 Å². The molecular weight excluding hydrogens is 295 g/mol. The number of carbonyl (C=O) groups is 1. The van der Waals surface area contributed by atoms with Crippen molar-refractivity contribution in [1.29, 1.82) is 0 Å². The number of sulfonamides is 1. The second-order valence-corrected chi connectivity index (χ2v) is 6.91. The van der Waals surface area contributed by atoms with Crippen LogP contribution in [0.2, 0.25) is 0 Å². The van der Waals surface area contributed by atoms with E-state index >= 15 is 0 Å². The van der Waals surface area contributed by atoms with E-state index < -0.39 is 21.7 Å². The highest BCUT2D eigenvalue weighted by Crippen LogP contribution is 2.18. The van der Waals surface area contributed by atoms with Gasteiger partial charge in [0.15, 0.2) is 0 Å². The lowest BCUT2D eigenvalue weighted by Crippen LogP contribution is -2.43. The fourth-order valence-corrected chi connectivity index (χ4v) is 2.84. The van der Waals surface area contributed by atoms with Crippen molar-refractivity contribution in [3.05, 3.63) is 30.1 Å². The van der Waals surface area contributed by atoms with Gasteiger partial charge in [-0.3, -0.25) is 9.10 Å². The molecule has 0 radical (unpaired) electrons. The van der Waals surface area contributed by atoms with E-state index in [9.17, 15) is 17.6 Å². The molecule has 5 nitrogen and oxygen atoms in total. The molecule has 0 heterocycles. The van der Waals surface area contributed by atoms with E-state index in [1.165, 1.54) is 18.2 Å². The first-order valence-electron chi connectivity index (χ1n) is 6.76. The van der Waals surface area contributed by atoms with Crippen LogP contribution in [0.1, 0.15) is 26.7 Å². The fourth-order valence-electron chi connectivity index (χ4n) is 1.99. The molecule has 0 saturated carbocycles. The Balaban J connectivity index is 2.89. The Morgan fingerprint density at radius 2 is 2.10 bits per heavy atom. The summed E-state index contributed by atoms with van der Waals surface area (Å²) in [6.07, 6.45) is 2.71. The molecular formula is C14H21FN2O3S. The van der Waals surface area contributed by atoms with Gasteiger partial charge in [-0.2, -0.15) is 0 Å². The molecule has 0 spiro atoms. The van der Waals surface area contributed by atoms with Gasteiger partial charge in [-0.25, -0.2) is 12.8 Å². The van der Waals surface area contributed by atoms with Gasteiger partial charge in [-0.15, -0.1) is 0 Å². The van der Waals surface area contributed by atoms with E-state index in [2.05, 4.69) is 5.32 Å². The van der Waals surface area contributed by atoms with E-state index in [-0.39, 0.29) is 18.3 Å². The van der Waals surface area contributed by atoms with Gasteiger partial charge < -0.3 is 5.32 Å². The van der Waals surface area contributed by atoms with Crippen molar-refractivity contribution in [2.75, 3.05) is 17.1 Å². The summed E-state index contributed by atoms with van der Waals surface area (Å²) in [7, 11) is -3.67. The van der Waals surface area contributed by atoms with Crippen molar-refractivity contribution in [3.63, 3.8) is 0 Å². The first-order valence-corrected chi connectivity index (χ1v) is 8.61. The highest BCUT2D eigenvalue weighted by molar-refractivity contribution is 7.92. The van der Waals surface area contributed by atoms with Crippen LogP contribution in [-0.4, -0.2) is 33.2 Å². The molecule has 0 bridgehead atoms. The monoisotopic (exact) mass is 316 g/mol. The minimum atomic E-state index is -3.67. The first-order chi connectivity index (χ1) is 9.74. The molecule has 1 amide bonds. The van der Waals surface area contributed by atoms with Crippen LogP contribution in [-0.2, 0) is 14.8 Å². The van der Waals surface area contributed by atoms with Crippen molar-refractivity contribution >= 4 is 21.6 Å². The zero-order valence-corrected chi connectivity index (χ0v) is 13.3. The van der Waals surface area contributed by atoms with Crippen LogP contribution in [0.3, 0.4) is 0 Å². The number of benzene rings is 1. The van der Waals surface area contributed by atoms with Crippen molar-refractivity contribution in [3.8, 4) is 0 Å². The Labute approximate surface area is 125 Å². The molecule has 1 N–H and O–H groups in total. The van der Waals surface area contributed by atoms with E-state index in [1.54, 1.807) is 0 Å². The molecule has 1 atom stereocenters. The summed E-state index contributed by atoms with van der Waals surface area (Å²) in [4.78, 5) is 11.9. The Kier molecular flexibility index (Phi) is 6.14. The van der Waals surface area contributed by atoms with Crippen molar-refractivity contribution in [2.24, 2.45) is 0 Å². The summed E-state index contributed by atoms with van der Waals surface area (Å²) in [5.74, 6) is -0.966. The Hall–Kier alpha value is -1.63. The maximum atomic E-state index is 13.2. The van der Waals surface area contributed by atoms with E-state index in [0.29, 0.717) is 0 Å². The van der Waals surface area contributed by atoms with Crippen molar-refractivity contribution in [2.45, 2.75) is 32.7 Å². The van der Waals surface area contributed by atoms with E-state index in [4.69, 9.17) is 0 Å². The lowest BCUT2D eigenvalue weighted by atomic mass is 10.2. The normalized spacial score (nSPS) is 12.8. The smallest absolute Gasteiger partial charge is 0.240 e. The Bertz CT molecular complexity index is 590. The number of halogens is 1. The molecule has 118 valence electrons. The average molecular weight is 316 g/mol. The second kappa shape index (κ2) is 7.40. The van der Waals surface area contributed by atoms with Crippen molar-refractivity contribution < 1.29 is 17.6 Å². The molecule has 0 aliphatic rings. The predicted molar refractivity (Wildman–Crippen MR) is 81.1 cm³/mol. The number of anilines is 1. The van der Waals surface area contributed by atoms with Gasteiger partial charge in [-0.1, -0.05) is 19.4 Å². The number of nitrogens with one attached hydrogen (secondary N) is 1. The first kappa shape index (κ1) is 17.4. The van der Waals surface area contributed by atoms with Gasteiger partial charge in [-0.05, 0) is 31.5 Å². The molecule has 0 aliphatic heterocycles. The maximum Gasteiger partial charge on any atom is 0.240 e. The quantitative estimate of drug-likeness (QED) is 0.835. The van der Waals surface area contributed by atoms with E-state index in [0.717, 1.165) is 29.5 Å². The van der Waals surface area contributed by atoms with Gasteiger partial charge in [0.25, 0.3) is 0 Å². The summed E-state index contributed by atoms with van der Waals surface area (Å²) < 4.78 is 37.8. The Morgan fingerprint density at radius 1 is 1.43 bits per heavy atom. The summed E-state index contributed by atoms with van der Waals surface area (Å²) in [6.45, 7) is 3.49. The summed E-state index contributed by atoms with van der Waals surface area (Å²) in [6, 6.07) is 5.13. The van der Waals surface area contributed by atoms with Gasteiger partial charge in [0, 0.05) is 6.04 Å². The zero-order valence-electron chi connectivity index (χ0n) is 12.5. The highest BCUT2D eigenvalue weighted by Gasteiger charge is 2.21. The lowest BCUT2D eigenvalue weighted by molar-refractivity contribution is -0.120. The average Bonchev–Trinajstić information content (AvgIpc) is 2.34. The van der Waals surface area contributed by atoms with Crippen LogP contribution < -0.4 is 9.62 Å². The third-order valence-corrected chi connectivity index (χ3v) is 4.05. The minimum absolute atomic E-state index is 0.0311. The fraction of sp³-hybridized carbons (Fsp3) is 0.500. The minimum Gasteiger partial charge on any atom is -0.352 e. The topological polar surface area (TPSA) is 66.5 Å². The van der Waals surface area contributed by atoms with Gasteiger partial charge in [0.2, 0.25) is 15.9 Å². The van der Waals surface area contributed by atoms with Gasteiger partial charge in [0.1, 0.15) is 12.4 Å².